The number of hydrogen-bond acceptors (Lipinski definition) is 9. The molecule has 2 atom stereocenters. The number of halogens is 3. The van der Waals surface area contributed by atoms with Crippen molar-refractivity contribution >= 4 is 29.1 Å². The highest BCUT2D eigenvalue weighted by Crippen LogP contribution is 2.33. The SMILES string of the molecule is COc1cc2cc(c1)C(=O)N[C@H]1CN(C(=O)c3csc(-c4ccc(C(F)(F)F)cc4)n3)C[C@@H]1Oc1ccc(c(OC)c1)CNC(=O)CO2. The van der Waals surface area contributed by atoms with Crippen molar-refractivity contribution in [2.75, 3.05) is 33.9 Å². The van der Waals surface area contributed by atoms with E-state index in [2.05, 4.69) is 15.6 Å². The van der Waals surface area contributed by atoms with E-state index < -0.39 is 35.7 Å². The van der Waals surface area contributed by atoms with Crippen LogP contribution in [0.2, 0.25) is 0 Å². The predicted molar refractivity (Wildman–Crippen MR) is 167 cm³/mol. The van der Waals surface area contributed by atoms with Crippen molar-refractivity contribution in [1.82, 2.24) is 20.5 Å². The summed E-state index contributed by atoms with van der Waals surface area (Å²) in [4.78, 5) is 45.6. The molecule has 0 saturated carbocycles. The summed E-state index contributed by atoms with van der Waals surface area (Å²) < 4.78 is 61.9. The number of hydrogen-bond donors (Lipinski definition) is 2. The molecule has 15 heteroatoms. The number of amides is 3. The summed E-state index contributed by atoms with van der Waals surface area (Å²) in [5.74, 6) is 0.130. The van der Waals surface area contributed by atoms with Crippen LogP contribution < -0.4 is 29.6 Å². The van der Waals surface area contributed by atoms with E-state index in [0.717, 1.165) is 23.5 Å². The van der Waals surface area contributed by atoms with Crippen LogP contribution in [0.1, 0.15) is 32.0 Å². The largest absolute Gasteiger partial charge is 0.497 e. The van der Waals surface area contributed by atoms with Gasteiger partial charge in [0, 0.05) is 47.3 Å². The number of carbonyl (C=O) groups excluding carboxylic acids is 3. The Kier molecular flexibility index (Phi) is 9.13. The van der Waals surface area contributed by atoms with Crippen LogP contribution in [0.3, 0.4) is 0 Å². The molecule has 7 rings (SSSR count). The van der Waals surface area contributed by atoms with Gasteiger partial charge >= 0.3 is 6.18 Å². The van der Waals surface area contributed by atoms with Gasteiger partial charge in [-0.25, -0.2) is 4.98 Å². The number of ether oxygens (including phenoxy) is 4. The summed E-state index contributed by atoms with van der Waals surface area (Å²) in [5.41, 5.74) is 0.654. The molecule has 3 aliphatic heterocycles. The highest BCUT2D eigenvalue weighted by molar-refractivity contribution is 7.13. The Morgan fingerprint density at radius 2 is 1.77 bits per heavy atom. The molecule has 4 aromatic rings. The molecular formula is C33H29F3N4O7S. The van der Waals surface area contributed by atoms with Gasteiger partial charge in [-0.05, 0) is 36.4 Å². The Morgan fingerprint density at radius 3 is 2.50 bits per heavy atom. The van der Waals surface area contributed by atoms with E-state index in [-0.39, 0.29) is 49.2 Å². The van der Waals surface area contributed by atoms with Crippen LogP contribution in [-0.2, 0) is 17.5 Å². The van der Waals surface area contributed by atoms with Crippen LogP contribution in [0.15, 0.2) is 66.0 Å². The van der Waals surface area contributed by atoms with Crippen molar-refractivity contribution in [2.24, 2.45) is 0 Å². The summed E-state index contributed by atoms with van der Waals surface area (Å²) in [6.07, 6.45) is -5.16. The minimum atomic E-state index is -4.47. The third kappa shape index (κ3) is 7.15. The zero-order valence-electron chi connectivity index (χ0n) is 25.6. The first-order valence-corrected chi connectivity index (χ1v) is 15.5. The second kappa shape index (κ2) is 13.4. The Bertz CT molecular complexity index is 1850. The van der Waals surface area contributed by atoms with E-state index in [9.17, 15) is 27.6 Å². The van der Waals surface area contributed by atoms with Gasteiger partial charge in [-0.3, -0.25) is 14.4 Å². The molecule has 0 radical (unpaired) electrons. The molecule has 1 fully saturated rings. The lowest BCUT2D eigenvalue weighted by atomic mass is 10.1. The third-order valence-corrected chi connectivity index (χ3v) is 8.71. The van der Waals surface area contributed by atoms with Crippen molar-refractivity contribution in [3.8, 4) is 33.6 Å². The average Bonchev–Trinajstić information content (AvgIpc) is 3.73. The number of carbonyl (C=O) groups is 3. The summed E-state index contributed by atoms with van der Waals surface area (Å²) >= 11 is 1.13. The first-order valence-electron chi connectivity index (χ1n) is 14.7. The molecule has 250 valence electrons. The monoisotopic (exact) mass is 682 g/mol. The van der Waals surface area contributed by atoms with Crippen molar-refractivity contribution in [3.05, 3.63) is 88.4 Å². The molecule has 2 N–H and O–H groups in total. The molecule has 0 unspecified atom stereocenters. The van der Waals surface area contributed by atoms with Crippen molar-refractivity contribution in [1.29, 1.82) is 0 Å². The number of likely N-dealkylation sites (tertiary alicyclic amines) is 1. The molecule has 4 heterocycles. The van der Waals surface area contributed by atoms with Crippen molar-refractivity contribution < 1.29 is 46.5 Å². The number of rotatable bonds is 4. The first-order chi connectivity index (χ1) is 23.0. The minimum Gasteiger partial charge on any atom is -0.497 e. The molecule has 4 bridgehead atoms. The maximum Gasteiger partial charge on any atom is 0.416 e. The quantitative estimate of drug-likeness (QED) is 0.321. The van der Waals surface area contributed by atoms with E-state index in [1.54, 1.807) is 29.6 Å². The van der Waals surface area contributed by atoms with Crippen LogP contribution in [0.4, 0.5) is 13.2 Å². The Hall–Kier alpha value is -5.31. The lowest BCUT2D eigenvalue weighted by Crippen LogP contribution is -2.45. The predicted octanol–water partition coefficient (Wildman–Crippen LogP) is 4.56. The number of alkyl halides is 3. The second-order valence-corrected chi connectivity index (χ2v) is 11.9. The van der Waals surface area contributed by atoms with Gasteiger partial charge in [0.1, 0.15) is 39.8 Å². The van der Waals surface area contributed by atoms with Crippen LogP contribution in [0, 0.1) is 0 Å². The number of fused-ring (bicyclic) bond motifs is 7. The second-order valence-electron chi connectivity index (χ2n) is 11.0. The highest BCUT2D eigenvalue weighted by atomic mass is 32.1. The molecular weight excluding hydrogens is 653 g/mol. The Morgan fingerprint density at radius 1 is 0.979 bits per heavy atom. The average molecular weight is 683 g/mol. The van der Waals surface area contributed by atoms with Crippen LogP contribution in [0.5, 0.6) is 23.0 Å². The smallest absolute Gasteiger partial charge is 0.416 e. The molecule has 48 heavy (non-hydrogen) atoms. The maximum absolute atomic E-state index is 13.7. The van der Waals surface area contributed by atoms with E-state index in [4.69, 9.17) is 18.9 Å². The Balaban J connectivity index is 1.28. The van der Waals surface area contributed by atoms with Gasteiger partial charge in [-0.15, -0.1) is 11.3 Å². The van der Waals surface area contributed by atoms with Gasteiger partial charge in [0.25, 0.3) is 17.7 Å². The molecule has 0 aliphatic carbocycles. The molecule has 3 amide bonds. The Labute approximate surface area is 276 Å². The summed E-state index contributed by atoms with van der Waals surface area (Å²) in [7, 11) is 2.92. The maximum atomic E-state index is 13.7. The van der Waals surface area contributed by atoms with Gasteiger partial charge in [-0.2, -0.15) is 13.2 Å². The van der Waals surface area contributed by atoms with Gasteiger partial charge < -0.3 is 34.5 Å². The summed E-state index contributed by atoms with van der Waals surface area (Å²) in [5, 5.41) is 7.66. The number of benzene rings is 3. The van der Waals surface area contributed by atoms with Gasteiger partial charge in [0.05, 0.1) is 32.4 Å². The lowest BCUT2D eigenvalue weighted by molar-refractivity contribution is -0.137. The molecule has 3 aromatic carbocycles. The third-order valence-electron chi connectivity index (χ3n) is 7.82. The lowest BCUT2D eigenvalue weighted by Gasteiger charge is -2.22. The van der Waals surface area contributed by atoms with Crippen LogP contribution in [-0.4, -0.2) is 73.7 Å². The fraction of sp³-hybridized carbons (Fsp3) is 0.273. The van der Waals surface area contributed by atoms with E-state index in [1.807, 2.05) is 0 Å². The summed E-state index contributed by atoms with van der Waals surface area (Å²) in [6.45, 7) is 0.00898. The van der Waals surface area contributed by atoms with Gasteiger partial charge in [0.15, 0.2) is 6.61 Å². The van der Waals surface area contributed by atoms with Gasteiger partial charge in [0.2, 0.25) is 0 Å². The van der Waals surface area contributed by atoms with Crippen molar-refractivity contribution in [2.45, 2.75) is 24.9 Å². The molecule has 3 aliphatic rings. The van der Waals surface area contributed by atoms with E-state index in [1.165, 1.54) is 43.4 Å². The number of nitrogens with zero attached hydrogens (tertiary/aromatic N) is 2. The standard InChI is InChI=1S/C33H29F3N4O7S/c1-44-23-9-20-10-24(11-23)46-16-29(41)37-13-19-5-8-22(12-27(19)45-2)47-28-15-40(14-25(28)38-30(20)42)32(43)26-17-48-31(39-26)18-3-6-21(7-4-18)33(34,35)36/h3-12,17,25,28H,13-16H2,1-2H3,(H,37,41)(H,38,42)/t25-,28-/m0/s1. The number of aromatic nitrogens is 1. The number of methoxy groups -OCH3 is 2. The van der Waals surface area contributed by atoms with E-state index in [0.29, 0.717) is 33.4 Å². The molecule has 11 nitrogen and oxygen atoms in total. The normalized spacial score (nSPS) is 18.1. The number of thiazole rings is 1. The van der Waals surface area contributed by atoms with Gasteiger partial charge in [-0.1, -0.05) is 12.1 Å². The summed E-state index contributed by atoms with van der Waals surface area (Å²) in [6, 6.07) is 13.5. The fourth-order valence-electron chi connectivity index (χ4n) is 5.33. The first kappa shape index (κ1) is 32.6. The molecule has 1 aromatic heterocycles. The van der Waals surface area contributed by atoms with Crippen LogP contribution >= 0.6 is 11.3 Å². The zero-order chi connectivity index (χ0) is 34.0. The fourth-order valence-corrected chi connectivity index (χ4v) is 6.13. The molecule has 0 spiro atoms. The minimum absolute atomic E-state index is 0.0728. The number of nitrogens with one attached hydrogen (secondary N) is 2. The molecule has 1 saturated heterocycles. The van der Waals surface area contributed by atoms with E-state index >= 15 is 0 Å². The highest BCUT2D eigenvalue weighted by Gasteiger charge is 2.39. The van der Waals surface area contributed by atoms with Crippen molar-refractivity contribution in [3.63, 3.8) is 0 Å². The zero-order valence-corrected chi connectivity index (χ0v) is 26.4. The topological polar surface area (TPSA) is 128 Å². The van der Waals surface area contributed by atoms with Crippen LogP contribution in [0.25, 0.3) is 10.6 Å².